The highest BCUT2D eigenvalue weighted by molar-refractivity contribution is 8.27. The van der Waals surface area contributed by atoms with Gasteiger partial charge in [0, 0.05) is 5.56 Å². The molecule has 1 heterocycles. The summed E-state index contributed by atoms with van der Waals surface area (Å²) in [6, 6.07) is 9.56. The van der Waals surface area contributed by atoms with Crippen molar-refractivity contribution in [1.82, 2.24) is 0 Å². The predicted molar refractivity (Wildman–Crippen MR) is 120 cm³/mol. The fourth-order valence-electron chi connectivity index (χ4n) is 3.03. The van der Waals surface area contributed by atoms with Crippen LogP contribution in [0.15, 0.2) is 54.0 Å². The van der Waals surface area contributed by atoms with E-state index < -0.39 is 5.82 Å². The summed E-state index contributed by atoms with van der Waals surface area (Å²) in [5.41, 5.74) is 2.10. The Morgan fingerprint density at radius 1 is 1.31 bits per heavy atom. The molecule has 0 saturated carbocycles. The Balaban J connectivity index is 2.00. The van der Waals surface area contributed by atoms with E-state index in [0.717, 1.165) is 11.1 Å². The average molecular weight is 430 g/mol. The van der Waals surface area contributed by atoms with Crippen LogP contribution in [0, 0.1) is 5.82 Å². The zero-order valence-electron chi connectivity index (χ0n) is 16.1. The molecule has 1 aliphatic heterocycles. The van der Waals surface area contributed by atoms with Gasteiger partial charge in [0.2, 0.25) is 0 Å². The number of rotatable bonds is 7. The monoisotopic (exact) mass is 429 g/mol. The number of allylic oxidation sites excluding steroid dienone is 1. The smallest absolute Gasteiger partial charge is 0.270 e. The van der Waals surface area contributed by atoms with Gasteiger partial charge in [-0.15, -0.1) is 6.58 Å². The van der Waals surface area contributed by atoms with Gasteiger partial charge in [-0.3, -0.25) is 9.69 Å². The number of ether oxygens (including phenoxy) is 2. The van der Waals surface area contributed by atoms with Crippen LogP contribution in [0.5, 0.6) is 11.5 Å². The molecular formula is C22H20FNO3S2. The Hall–Kier alpha value is -2.64. The molecule has 1 fully saturated rings. The van der Waals surface area contributed by atoms with Crippen molar-refractivity contribution in [2.75, 3.05) is 18.6 Å². The number of thioether (sulfide) groups is 1. The third kappa shape index (κ3) is 4.52. The second kappa shape index (κ2) is 9.24. The molecule has 0 N–H and O–H groups in total. The number of hydrogen-bond donors (Lipinski definition) is 0. The summed E-state index contributed by atoms with van der Waals surface area (Å²) in [6.45, 7) is 6.16. The molecule has 1 aliphatic rings. The normalized spacial score (nSPS) is 15.1. The summed E-state index contributed by atoms with van der Waals surface area (Å²) in [4.78, 5) is 14.7. The first-order valence-electron chi connectivity index (χ1n) is 8.96. The Morgan fingerprint density at radius 2 is 2.10 bits per heavy atom. The molecule has 29 heavy (non-hydrogen) atoms. The summed E-state index contributed by atoms with van der Waals surface area (Å²) in [5, 5.41) is 0. The van der Waals surface area contributed by atoms with Gasteiger partial charge in [0.1, 0.15) is 5.82 Å². The lowest BCUT2D eigenvalue weighted by Gasteiger charge is -2.15. The zero-order chi connectivity index (χ0) is 21.0. The van der Waals surface area contributed by atoms with Crippen LogP contribution >= 0.6 is 24.0 Å². The van der Waals surface area contributed by atoms with Gasteiger partial charge in [0.05, 0.1) is 24.3 Å². The van der Waals surface area contributed by atoms with Crippen LogP contribution in [-0.2, 0) is 11.2 Å². The highest BCUT2D eigenvalue weighted by atomic mass is 32.2. The van der Waals surface area contributed by atoms with Gasteiger partial charge < -0.3 is 9.47 Å². The number of benzene rings is 2. The van der Waals surface area contributed by atoms with E-state index in [2.05, 4.69) is 6.58 Å². The van der Waals surface area contributed by atoms with E-state index in [4.69, 9.17) is 21.7 Å². The van der Waals surface area contributed by atoms with E-state index >= 15 is 0 Å². The van der Waals surface area contributed by atoms with Gasteiger partial charge in [0.15, 0.2) is 15.8 Å². The fourth-order valence-corrected chi connectivity index (χ4v) is 4.32. The van der Waals surface area contributed by atoms with Gasteiger partial charge in [-0.2, -0.15) is 0 Å². The zero-order valence-corrected chi connectivity index (χ0v) is 17.7. The van der Waals surface area contributed by atoms with E-state index in [0.29, 0.717) is 39.4 Å². The molecule has 0 bridgehead atoms. The molecule has 0 atom stereocenters. The molecule has 0 radical (unpaired) electrons. The number of methoxy groups -OCH3 is 1. The second-order valence-electron chi connectivity index (χ2n) is 6.13. The second-order valence-corrected chi connectivity index (χ2v) is 7.81. The minimum Gasteiger partial charge on any atom is -0.493 e. The van der Waals surface area contributed by atoms with Crippen molar-refractivity contribution >= 4 is 46.0 Å². The maximum Gasteiger partial charge on any atom is 0.270 e. The standard InChI is InChI=1S/C22H20FNO3S2/c1-4-7-15-10-14(11-18(27-5-2)20(15)26-3)12-19-21(25)24(22(28)29-19)17-9-6-8-16(23)13-17/h4,6,8-13H,1,5,7H2,2-3H3/b19-12-. The summed E-state index contributed by atoms with van der Waals surface area (Å²) < 4.78 is 25.2. The molecule has 4 nitrogen and oxygen atoms in total. The molecule has 0 spiro atoms. The van der Waals surface area contributed by atoms with Gasteiger partial charge >= 0.3 is 0 Å². The van der Waals surface area contributed by atoms with E-state index in [1.165, 1.54) is 28.8 Å². The maximum absolute atomic E-state index is 13.6. The minimum absolute atomic E-state index is 0.287. The third-order valence-electron chi connectivity index (χ3n) is 4.18. The minimum atomic E-state index is -0.425. The molecule has 7 heteroatoms. The first-order chi connectivity index (χ1) is 14.0. The van der Waals surface area contributed by atoms with Crippen LogP contribution in [0.3, 0.4) is 0 Å². The summed E-state index contributed by atoms with van der Waals surface area (Å²) in [7, 11) is 1.59. The van der Waals surface area contributed by atoms with Crippen LogP contribution in [0.4, 0.5) is 10.1 Å². The van der Waals surface area contributed by atoms with E-state index in [-0.39, 0.29) is 5.91 Å². The van der Waals surface area contributed by atoms with E-state index in [1.54, 1.807) is 31.4 Å². The quantitative estimate of drug-likeness (QED) is 0.336. The predicted octanol–water partition coefficient (Wildman–Crippen LogP) is 5.37. The molecule has 150 valence electrons. The fraction of sp³-hybridized carbons (Fsp3) is 0.182. The van der Waals surface area contributed by atoms with Crippen molar-refractivity contribution in [3.63, 3.8) is 0 Å². The highest BCUT2D eigenvalue weighted by Crippen LogP contribution is 2.38. The lowest BCUT2D eigenvalue weighted by atomic mass is 10.0. The highest BCUT2D eigenvalue weighted by Gasteiger charge is 2.33. The average Bonchev–Trinajstić information content (AvgIpc) is 2.95. The number of anilines is 1. The molecule has 0 aliphatic carbocycles. The van der Waals surface area contributed by atoms with Crippen molar-refractivity contribution in [3.8, 4) is 11.5 Å². The number of hydrogen-bond acceptors (Lipinski definition) is 5. The van der Waals surface area contributed by atoms with Crippen molar-refractivity contribution in [3.05, 3.63) is 70.9 Å². The molecule has 2 aromatic rings. The van der Waals surface area contributed by atoms with E-state index in [1.807, 2.05) is 19.1 Å². The van der Waals surface area contributed by atoms with Gasteiger partial charge in [-0.05, 0) is 55.3 Å². The first-order valence-corrected chi connectivity index (χ1v) is 10.2. The molecule has 0 aromatic heterocycles. The maximum atomic E-state index is 13.6. The van der Waals surface area contributed by atoms with Crippen LogP contribution in [-0.4, -0.2) is 23.9 Å². The molecule has 0 unspecified atom stereocenters. The van der Waals surface area contributed by atoms with Gasteiger partial charge in [-0.25, -0.2) is 4.39 Å². The molecule has 2 aromatic carbocycles. The van der Waals surface area contributed by atoms with E-state index in [9.17, 15) is 9.18 Å². The number of amides is 1. The summed E-state index contributed by atoms with van der Waals surface area (Å²) in [6.07, 6.45) is 4.13. The van der Waals surface area contributed by atoms with Gasteiger partial charge in [0.25, 0.3) is 5.91 Å². The lowest BCUT2D eigenvalue weighted by Crippen LogP contribution is -2.27. The van der Waals surface area contributed by atoms with Crippen LogP contribution in [0.1, 0.15) is 18.1 Å². The Morgan fingerprint density at radius 3 is 2.76 bits per heavy atom. The van der Waals surface area contributed by atoms with Crippen LogP contribution in [0.2, 0.25) is 0 Å². The van der Waals surface area contributed by atoms with Crippen LogP contribution < -0.4 is 14.4 Å². The van der Waals surface area contributed by atoms with Crippen LogP contribution in [0.25, 0.3) is 6.08 Å². The number of thiocarbonyl (C=S) groups is 1. The number of nitrogens with zero attached hydrogens (tertiary/aromatic N) is 1. The lowest BCUT2D eigenvalue weighted by molar-refractivity contribution is -0.113. The van der Waals surface area contributed by atoms with Crippen molar-refractivity contribution in [2.24, 2.45) is 0 Å². The molecular weight excluding hydrogens is 409 g/mol. The largest absolute Gasteiger partial charge is 0.493 e. The Labute approximate surface area is 179 Å². The van der Waals surface area contributed by atoms with Crippen molar-refractivity contribution in [1.29, 1.82) is 0 Å². The molecule has 3 rings (SSSR count). The SMILES string of the molecule is C=CCc1cc(/C=C2\SC(=S)N(c3cccc(F)c3)C2=O)cc(OCC)c1OC. The third-order valence-corrected chi connectivity index (χ3v) is 5.48. The number of carbonyl (C=O) groups excluding carboxylic acids is 1. The summed E-state index contributed by atoms with van der Waals surface area (Å²) in [5.74, 6) is 0.535. The molecule has 1 amide bonds. The number of halogens is 1. The topological polar surface area (TPSA) is 38.8 Å². The summed E-state index contributed by atoms with van der Waals surface area (Å²) >= 11 is 6.54. The van der Waals surface area contributed by atoms with Crippen molar-refractivity contribution in [2.45, 2.75) is 13.3 Å². The van der Waals surface area contributed by atoms with Crippen molar-refractivity contribution < 1.29 is 18.7 Å². The Bertz CT molecular complexity index is 1000. The van der Waals surface area contributed by atoms with Gasteiger partial charge in [-0.1, -0.05) is 36.1 Å². The number of carbonyl (C=O) groups is 1. The Kier molecular flexibility index (Phi) is 6.71. The first kappa shape index (κ1) is 21.1. The molecule has 1 saturated heterocycles.